The van der Waals surface area contributed by atoms with E-state index >= 15 is 0 Å². The van der Waals surface area contributed by atoms with Crippen LogP contribution < -0.4 is 0 Å². The molecule has 0 bridgehead atoms. The molecule has 20 heavy (non-hydrogen) atoms. The standard InChI is InChI=1S/C16H23NO2S/c1-5-9-16(12-17,10-6-2)20(18,19)15-8-7-13(3)11-14(15)4/h7-8,11H,5-6,9-10H2,1-4H3. The Labute approximate surface area is 122 Å². The highest BCUT2D eigenvalue weighted by Crippen LogP contribution is 2.35. The van der Waals surface area contributed by atoms with Gasteiger partial charge in [0.1, 0.15) is 0 Å². The molecule has 110 valence electrons. The lowest BCUT2D eigenvalue weighted by atomic mass is 9.99. The van der Waals surface area contributed by atoms with Gasteiger partial charge in [0.2, 0.25) is 0 Å². The summed E-state index contributed by atoms with van der Waals surface area (Å²) in [7, 11) is -3.65. The van der Waals surface area contributed by atoms with Gasteiger partial charge >= 0.3 is 0 Å². The highest BCUT2D eigenvalue weighted by molar-refractivity contribution is 7.93. The second kappa shape index (κ2) is 6.41. The molecule has 0 fully saturated rings. The first-order chi connectivity index (χ1) is 9.34. The van der Waals surface area contributed by atoms with Crippen molar-refractivity contribution in [3.8, 4) is 6.07 Å². The van der Waals surface area contributed by atoms with Crippen LogP contribution in [0.2, 0.25) is 0 Å². The molecule has 0 aliphatic rings. The van der Waals surface area contributed by atoms with E-state index in [9.17, 15) is 13.7 Å². The molecule has 0 saturated carbocycles. The third-order valence-corrected chi connectivity index (χ3v) is 6.21. The average molecular weight is 293 g/mol. The molecule has 0 aliphatic heterocycles. The predicted octanol–water partition coefficient (Wildman–Crippen LogP) is 3.94. The van der Waals surface area contributed by atoms with Crippen molar-refractivity contribution in [2.24, 2.45) is 0 Å². The van der Waals surface area contributed by atoms with E-state index in [-0.39, 0.29) is 0 Å². The summed E-state index contributed by atoms with van der Waals surface area (Å²) in [4.78, 5) is 0.298. The maximum atomic E-state index is 13.0. The van der Waals surface area contributed by atoms with Gasteiger partial charge in [-0.2, -0.15) is 5.26 Å². The smallest absolute Gasteiger partial charge is 0.197 e. The van der Waals surface area contributed by atoms with Crippen molar-refractivity contribution in [2.45, 2.75) is 63.0 Å². The second-order valence-electron chi connectivity index (χ2n) is 5.38. The minimum absolute atomic E-state index is 0.298. The molecule has 4 heteroatoms. The molecule has 0 amide bonds. The molecule has 0 atom stereocenters. The summed E-state index contributed by atoms with van der Waals surface area (Å²) in [6, 6.07) is 7.39. The molecule has 1 aromatic rings. The van der Waals surface area contributed by atoms with Crippen LogP contribution in [0.15, 0.2) is 23.1 Å². The van der Waals surface area contributed by atoms with Gasteiger partial charge in [-0.3, -0.25) is 0 Å². The largest absolute Gasteiger partial charge is 0.222 e. The Morgan fingerprint density at radius 1 is 1.15 bits per heavy atom. The first-order valence-corrected chi connectivity index (χ1v) is 8.56. The molecular weight excluding hydrogens is 270 g/mol. The summed E-state index contributed by atoms with van der Waals surface area (Å²) in [5.74, 6) is 0. The summed E-state index contributed by atoms with van der Waals surface area (Å²) >= 11 is 0. The number of hydrogen-bond donors (Lipinski definition) is 0. The van der Waals surface area contributed by atoms with Crippen LogP contribution in [0.1, 0.15) is 50.7 Å². The highest BCUT2D eigenvalue weighted by atomic mass is 32.2. The summed E-state index contributed by atoms with van der Waals surface area (Å²) in [5.41, 5.74) is 1.74. The maximum Gasteiger partial charge on any atom is 0.197 e. The summed E-state index contributed by atoms with van der Waals surface area (Å²) in [5, 5.41) is 9.55. The molecule has 0 heterocycles. The van der Waals surface area contributed by atoms with Crippen molar-refractivity contribution in [1.82, 2.24) is 0 Å². The third-order valence-electron chi connectivity index (χ3n) is 3.65. The summed E-state index contributed by atoms with van der Waals surface area (Å²) in [6.45, 7) is 7.55. The van der Waals surface area contributed by atoms with Gasteiger partial charge in [-0.05, 0) is 38.3 Å². The Kier molecular flexibility index (Phi) is 5.35. The first-order valence-electron chi connectivity index (χ1n) is 7.07. The number of benzene rings is 1. The molecule has 3 nitrogen and oxygen atoms in total. The molecule has 0 N–H and O–H groups in total. The number of hydrogen-bond acceptors (Lipinski definition) is 3. The molecule has 0 saturated heterocycles. The number of sulfone groups is 1. The van der Waals surface area contributed by atoms with E-state index in [0.29, 0.717) is 30.6 Å². The Morgan fingerprint density at radius 3 is 2.10 bits per heavy atom. The van der Waals surface area contributed by atoms with Crippen molar-refractivity contribution in [2.75, 3.05) is 0 Å². The van der Waals surface area contributed by atoms with Crippen LogP contribution in [-0.4, -0.2) is 13.2 Å². The topological polar surface area (TPSA) is 57.9 Å². The average Bonchev–Trinajstić information content (AvgIpc) is 2.37. The zero-order chi connectivity index (χ0) is 15.4. The van der Waals surface area contributed by atoms with Crippen LogP contribution in [0.4, 0.5) is 0 Å². The summed E-state index contributed by atoms with van der Waals surface area (Å²) < 4.78 is 24.7. The van der Waals surface area contributed by atoms with Gasteiger partial charge in [0, 0.05) is 0 Å². The van der Waals surface area contributed by atoms with Crippen LogP contribution in [0.25, 0.3) is 0 Å². The minimum atomic E-state index is -3.65. The summed E-state index contributed by atoms with van der Waals surface area (Å²) in [6.07, 6.45) is 2.12. The lowest BCUT2D eigenvalue weighted by Gasteiger charge is -2.26. The van der Waals surface area contributed by atoms with E-state index in [0.717, 1.165) is 11.1 Å². The number of aryl methyl sites for hydroxylation is 2. The Hall–Kier alpha value is -1.34. The Balaban J connectivity index is 3.48. The van der Waals surface area contributed by atoms with Crippen LogP contribution in [0, 0.1) is 25.2 Å². The zero-order valence-corrected chi connectivity index (χ0v) is 13.5. The Bertz CT molecular complexity index is 606. The second-order valence-corrected chi connectivity index (χ2v) is 7.61. The fourth-order valence-corrected chi connectivity index (χ4v) is 4.90. The van der Waals surface area contributed by atoms with E-state index in [1.807, 2.05) is 26.8 Å². The monoisotopic (exact) mass is 293 g/mol. The molecular formula is C16H23NO2S. The molecule has 0 aliphatic carbocycles. The van der Waals surface area contributed by atoms with E-state index in [1.54, 1.807) is 19.1 Å². The normalized spacial score (nSPS) is 12.2. The van der Waals surface area contributed by atoms with Crippen LogP contribution >= 0.6 is 0 Å². The van der Waals surface area contributed by atoms with Crippen molar-refractivity contribution >= 4 is 9.84 Å². The molecule has 0 unspecified atom stereocenters. The number of rotatable bonds is 6. The van der Waals surface area contributed by atoms with E-state index in [1.165, 1.54) is 0 Å². The first kappa shape index (κ1) is 16.7. The molecule has 0 aromatic heterocycles. The number of nitrogens with zero attached hydrogens (tertiary/aromatic N) is 1. The Morgan fingerprint density at radius 2 is 1.70 bits per heavy atom. The van der Waals surface area contributed by atoms with Gasteiger partial charge in [-0.1, -0.05) is 44.4 Å². The predicted molar refractivity (Wildman–Crippen MR) is 81.3 cm³/mol. The third kappa shape index (κ3) is 2.88. The van der Waals surface area contributed by atoms with Gasteiger partial charge in [-0.25, -0.2) is 8.42 Å². The van der Waals surface area contributed by atoms with E-state index in [4.69, 9.17) is 0 Å². The lowest BCUT2D eigenvalue weighted by molar-refractivity contribution is 0.508. The molecule has 1 aromatic carbocycles. The zero-order valence-electron chi connectivity index (χ0n) is 12.7. The van der Waals surface area contributed by atoms with E-state index in [2.05, 4.69) is 6.07 Å². The van der Waals surface area contributed by atoms with Gasteiger partial charge in [0.15, 0.2) is 14.6 Å². The van der Waals surface area contributed by atoms with Crippen LogP contribution in [0.5, 0.6) is 0 Å². The fourth-order valence-electron chi connectivity index (χ4n) is 2.68. The molecule has 0 radical (unpaired) electrons. The van der Waals surface area contributed by atoms with Crippen LogP contribution in [-0.2, 0) is 9.84 Å². The molecule has 1 rings (SSSR count). The van der Waals surface area contributed by atoms with Crippen molar-refractivity contribution in [3.05, 3.63) is 29.3 Å². The lowest BCUT2D eigenvalue weighted by Crippen LogP contribution is -2.37. The fraction of sp³-hybridized carbons (Fsp3) is 0.562. The van der Waals surface area contributed by atoms with E-state index < -0.39 is 14.6 Å². The molecule has 0 spiro atoms. The van der Waals surface area contributed by atoms with Crippen molar-refractivity contribution < 1.29 is 8.42 Å². The van der Waals surface area contributed by atoms with Gasteiger partial charge < -0.3 is 0 Å². The van der Waals surface area contributed by atoms with Crippen LogP contribution in [0.3, 0.4) is 0 Å². The van der Waals surface area contributed by atoms with Crippen molar-refractivity contribution in [3.63, 3.8) is 0 Å². The SMILES string of the molecule is CCCC(C#N)(CCC)S(=O)(=O)c1ccc(C)cc1C. The number of nitriles is 1. The minimum Gasteiger partial charge on any atom is -0.222 e. The van der Waals surface area contributed by atoms with Gasteiger partial charge in [0.25, 0.3) is 0 Å². The maximum absolute atomic E-state index is 13.0. The van der Waals surface area contributed by atoms with Gasteiger partial charge in [-0.15, -0.1) is 0 Å². The quantitative estimate of drug-likeness (QED) is 0.798. The van der Waals surface area contributed by atoms with Gasteiger partial charge in [0.05, 0.1) is 11.0 Å². The van der Waals surface area contributed by atoms with Crippen molar-refractivity contribution in [1.29, 1.82) is 5.26 Å². The highest BCUT2D eigenvalue weighted by Gasteiger charge is 2.44.